The normalized spacial score (nSPS) is 11.3. The molecule has 1 heterocycles. The zero-order valence-electron chi connectivity index (χ0n) is 16.7. The first-order valence-electron chi connectivity index (χ1n) is 9.74. The molecular formula is C22H25N5OS. The highest BCUT2D eigenvalue weighted by atomic mass is 32.2. The van der Waals surface area contributed by atoms with E-state index in [4.69, 9.17) is 0 Å². The van der Waals surface area contributed by atoms with E-state index in [1.54, 1.807) is 0 Å². The molecule has 0 aliphatic rings. The smallest absolute Gasteiger partial charge is 0.250 e. The van der Waals surface area contributed by atoms with Crippen LogP contribution in [-0.4, -0.2) is 32.6 Å². The van der Waals surface area contributed by atoms with Crippen molar-refractivity contribution in [3.05, 3.63) is 60.7 Å². The van der Waals surface area contributed by atoms with E-state index in [0.29, 0.717) is 11.1 Å². The summed E-state index contributed by atoms with van der Waals surface area (Å²) in [5.74, 6) is 1.17. The molecule has 0 spiro atoms. The highest BCUT2D eigenvalue weighted by Gasteiger charge is 2.17. The largest absolute Gasteiger partial charge is 0.272 e. The van der Waals surface area contributed by atoms with Crippen LogP contribution in [-0.2, 0) is 4.79 Å². The van der Waals surface area contributed by atoms with Crippen LogP contribution in [0.2, 0.25) is 0 Å². The number of aromatic nitrogens is 3. The summed E-state index contributed by atoms with van der Waals surface area (Å²) in [5.41, 5.74) is 4.52. The zero-order chi connectivity index (χ0) is 20.5. The van der Waals surface area contributed by atoms with Crippen LogP contribution in [0.5, 0.6) is 0 Å². The van der Waals surface area contributed by atoms with Crippen LogP contribution in [0.25, 0.3) is 17.1 Å². The molecule has 0 fully saturated rings. The average molecular weight is 408 g/mol. The van der Waals surface area contributed by atoms with Crippen molar-refractivity contribution in [2.75, 3.05) is 5.75 Å². The van der Waals surface area contributed by atoms with Gasteiger partial charge in [-0.25, -0.2) is 5.43 Å². The third kappa shape index (κ3) is 5.54. The van der Waals surface area contributed by atoms with E-state index in [2.05, 4.69) is 34.6 Å². The fraction of sp³-hybridized carbons (Fsp3) is 0.273. The van der Waals surface area contributed by atoms with Crippen molar-refractivity contribution in [1.29, 1.82) is 0 Å². The SMILES string of the molecule is CCC(/C=N/NC(=O)CSc1nnc(-c2ccccc2)n1-c1ccccc1)CC. The number of hydrogen-bond donors (Lipinski definition) is 1. The number of carbonyl (C=O) groups is 1. The minimum absolute atomic E-state index is 0.166. The van der Waals surface area contributed by atoms with Gasteiger partial charge < -0.3 is 0 Å². The maximum Gasteiger partial charge on any atom is 0.250 e. The van der Waals surface area contributed by atoms with E-state index in [1.807, 2.05) is 71.4 Å². The molecule has 3 rings (SSSR count). The Morgan fingerprint density at radius 2 is 1.72 bits per heavy atom. The van der Waals surface area contributed by atoms with Crippen molar-refractivity contribution in [2.24, 2.45) is 11.0 Å². The maximum atomic E-state index is 12.2. The van der Waals surface area contributed by atoms with Gasteiger partial charge in [-0.2, -0.15) is 5.10 Å². The Kier molecular flexibility index (Phi) is 7.58. The number of carbonyl (C=O) groups excluding carboxylic acids is 1. The third-order valence-electron chi connectivity index (χ3n) is 4.54. The van der Waals surface area contributed by atoms with Crippen molar-refractivity contribution >= 4 is 23.9 Å². The van der Waals surface area contributed by atoms with E-state index in [-0.39, 0.29) is 11.7 Å². The van der Waals surface area contributed by atoms with Gasteiger partial charge in [-0.05, 0) is 30.9 Å². The Hall–Kier alpha value is -2.93. The highest BCUT2D eigenvalue weighted by Crippen LogP contribution is 2.27. The fourth-order valence-electron chi connectivity index (χ4n) is 2.82. The Labute approximate surface area is 175 Å². The molecule has 150 valence electrons. The van der Waals surface area contributed by atoms with Crippen LogP contribution in [0, 0.1) is 5.92 Å². The van der Waals surface area contributed by atoms with Gasteiger partial charge in [-0.15, -0.1) is 10.2 Å². The number of benzene rings is 2. The second kappa shape index (κ2) is 10.6. The summed E-state index contributed by atoms with van der Waals surface area (Å²) >= 11 is 1.34. The Bertz CT molecular complexity index is 936. The zero-order valence-corrected chi connectivity index (χ0v) is 17.5. The quantitative estimate of drug-likeness (QED) is 0.320. The van der Waals surface area contributed by atoms with Gasteiger partial charge >= 0.3 is 0 Å². The van der Waals surface area contributed by atoms with Gasteiger partial charge in [-0.3, -0.25) is 9.36 Å². The van der Waals surface area contributed by atoms with E-state index in [1.165, 1.54) is 11.8 Å². The second-order valence-corrected chi connectivity index (χ2v) is 7.46. The summed E-state index contributed by atoms with van der Waals surface area (Å²) in [6.07, 6.45) is 3.82. The number of amides is 1. The lowest BCUT2D eigenvalue weighted by Crippen LogP contribution is -2.20. The number of rotatable bonds is 9. The van der Waals surface area contributed by atoms with Crippen LogP contribution in [0.3, 0.4) is 0 Å². The summed E-state index contributed by atoms with van der Waals surface area (Å²) in [4.78, 5) is 12.2. The summed E-state index contributed by atoms with van der Waals surface area (Å²) in [5, 5.41) is 13.5. The second-order valence-electron chi connectivity index (χ2n) is 6.52. The molecule has 0 radical (unpaired) electrons. The summed E-state index contributed by atoms with van der Waals surface area (Å²) in [6.45, 7) is 4.22. The first-order chi connectivity index (χ1) is 14.2. The highest BCUT2D eigenvalue weighted by molar-refractivity contribution is 7.99. The predicted molar refractivity (Wildman–Crippen MR) is 118 cm³/mol. The molecule has 7 heteroatoms. The summed E-state index contributed by atoms with van der Waals surface area (Å²) < 4.78 is 1.97. The molecule has 1 amide bonds. The monoisotopic (exact) mass is 407 g/mol. The molecule has 0 aliphatic carbocycles. The number of nitrogens with zero attached hydrogens (tertiary/aromatic N) is 4. The lowest BCUT2D eigenvalue weighted by atomic mass is 10.1. The fourth-order valence-corrected chi connectivity index (χ4v) is 3.57. The molecule has 3 aromatic rings. The van der Waals surface area contributed by atoms with E-state index in [0.717, 1.165) is 29.9 Å². The van der Waals surface area contributed by atoms with Crippen molar-refractivity contribution in [1.82, 2.24) is 20.2 Å². The van der Waals surface area contributed by atoms with Gasteiger partial charge in [0, 0.05) is 17.5 Å². The number of para-hydroxylation sites is 1. The average Bonchev–Trinajstić information content (AvgIpc) is 3.20. The molecule has 0 saturated heterocycles. The number of hydrazone groups is 1. The van der Waals surface area contributed by atoms with Crippen molar-refractivity contribution < 1.29 is 4.79 Å². The van der Waals surface area contributed by atoms with Gasteiger partial charge in [0.05, 0.1) is 5.75 Å². The molecule has 0 bridgehead atoms. The van der Waals surface area contributed by atoms with Crippen LogP contribution in [0.1, 0.15) is 26.7 Å². The molecule has 1 N–H and O–H groups in total. The molecule has 0 aliphatic heterocycles. The van der Waals surface area contributed by atoms with Crippen LogP contribution >= 0.6 is 11.8 Å². The van der Waals surface area contributed by atoms with Gasteiger partial charge in [0.15, 0.2) is 11.0 Å². The number of thioether (sulfide) groups is 1. The van der Waals surface area contributed by atoms with Crippen LogP contribution < -0.4 is 5.43 Å². The van der Waals surface area contributed by atoms with Crippen molar-refractivity contribution in [3.8, 4) is 17.1 Å². The Balaban J connectivity index is 1.76. The Morgan fingerprint density at radius 3 is 2.38 bits per heavy atom. The molecule has 29 heavy (non-hydrogen) atoms. The molecule has 0 atom stereocenters. The molecule has 6 nitrogen and oxygen atoms in total. The first kappa shape index (κ1) is 20.8. The van der Waals surface area contributed by atoms with Crippen LogP contribution in [0.15, 0.2) is 70.9 Å². The molecular weight excluding hydrogens is 382 g/mol. The number of hydrogen-bond acceptors (Lipinski definition) is 5. The molecule has 2 aromatic carbocycles. The topological polar surface area (TPSA) is 72.2 Å². The number of nitrogens with one attached hydrogen (secondary N) is 1. The maximum absolute atomic E-state index is 12.2. The predicted octanol–water partition coefficient (Wildman–Crippen LogP) is 4.56. The van der Waals surface area contributed by atoms with Crippen molar-refractivity contribution in [3.63, 3.8) is 0 Å². The van der Waals surface area contributed by atoms with E-state index >= 15 is 0 Å². The summed E-state index contributed by atoms with van der Waals surface area (Å²) in [6, 6.07) is 19.8. The minimum Gasteiger partial charge on any atom is -0.272 e. The van der Waals surface area contributed by atoms with Gasteiger partial charge in [-0.1, -0.05) is 74.1 Å². The molecule has 0 saturated carbocycles. The lowest BCUT2D eigenvalue weighted by Gasteiger charge is -2.10. The molecule has 0 unspecified atom stereocenters. The standard InChI is InChI=1S/C22H25N5OS/c1-3-17(4-2)15-23-24-20(28)16-29-22-26-25-21(18-11-7-5-8-12-18)27(22)19-13-9-6-10-14-19/h5-15,17H,3-4,16H2,1-2H3,(H,24,28)/b23-15+. The van der Waals surface area contributed by atoms with Gasteiger partial charge in [0.1, 0.15) is 0 Å². The van der Waals surface area contributed by atoms with Crippen molar-refractivity contribution in [2.45, 2.75) is 31.8 Å². The minimum atomic E-state index is -0.166. The van der Waals surface area contributed by atoms with E-state index < -0.39 is 0 Å². The first-order valence-corrected chi connectivity index (χ1v) is 10.7. The van der Waals surface area contributed by atoms with E-state index in [9.17, 15) is 4.79 Å². The summed E-state index contributed by atoms with van der Waals surface area (Å²) in [7, 11) is 0. The lowest BCUT2D eigenvalue weighted by molar-refractivity contribution is -0.118. The van der Waals surface area contributed by atoms with Crippen LogP contribution in [0.4, 0.5) is 0 Å². The van der Waals surface area contributed by atoms with Gasteiger partial charge in [0.25, 0.3) is 5.91 Å². The van der Waals surface area contributed by atoms with Gasteiger partial charge in [0.2, 0.25) is 0 Å². The Morgan fingerprint density at radius 1 is 1.07 bits per heavy atom. The molecule has 1 aromatic heterocycles. The third-order valence-corrected chi connectivity index (χ3v) is 5.46.